The van der Waals surface area contributed by atoms with Gasteiger partial charge in [-0.1, -0.05) is 204 Å². The van der Waals surface area contributed by atoms with Crippen LogP contribution in [0, 0.1) is 23.7 Å². The van der Waals surface area contributed by atoms with Crippen molar-refractivity contribution in [2.75, 3.05) is 14.7 Å². The van der Waals surface area contributed by atoms with Gasteiger partial charge in [0.25, 0.3) is 6.71 Å². The van der Waals surface area contributed by atoms with Gasteiger partial charge in [-0.25, -0.2) is 0 Å². The van der Waals surface area contributed by atoms with Crippen LogP contribution in [0.2, 0.25) is 0 Å². The van der Waals surface area contributed by atoms with Crippen LogP contribution in [0.15, 0.2) is 188 Å². The van der Waals surface area contributed by atoms with Crippen molar-refractivity contribution in [2.24, 2.45) is 16.7 Å². The lowest BCUT2D eigenvalue weighted by Gasteiger charge is -2.48. The Morgan fingerprint density at radius 2 is 1.20 bits per heavy atom. The molecule has 2 bridgehead atoms. The van der Waals surface area contributed by atoms with Crippen molar-refractivity contribution in [1.29, 1.82) is 0 Å². The highest BCUT2D eigenvalue weighted by atomic mass is 32.1. The minimum atomic E-state index is -0.0948. The average Bonchev–Trinajstić information content (AvgIpc) is 1.47. The molecular formula is C85H86BN3S. The van der Waals surface area contributed by atoms with Crippen LogP contribution in [-0.2, 0) is 21.7 Å². The van der Waals surface area contributed by atoms with Gasteiger partial charge < -0.3 is 14.7 Å². The molecule has 0 saturated heterocycles. The molecule has 3 saturated carbocycles. The first-order valence-electron chi connectivity index (χ1n) is 34.2. The Balaban J connectivity index is 0.966. The van der Waals surface area contributed by atoms with E-state index >= 15 is 0 Å². The Bertz CT molecular complexity index is 4570. The number of nitrogens with zero attached hydrogens (tertiary/aromatic N) is 3. The van der Waals surface area contributed by atoms with E-state index in [0.29, 0.717) is 11.8 Å². The van der Waals surface area contributed by atoms with Crippen molar-refractivity contribution >= 4 is 95.0 Å². The molecule has 5 heteroatoms. The molecule has 10 aromatic rings. The average molecular weight is 1190 g/mol. The number of hydrogen-bond acceptors (Lipinski definition) is 4. The van der Waals surface area contributed by atoms with Crippen LogP contribution in [-0.4, -0.2) is 6.71 Å². The van der Waals surface area contributed by atoms with Gasteiger partial charge in [-0.05, 0) is 225 Å². The Labute approximate surface area is 540 Å². The summed E-state index contributed by atoms with van der Waals surface area (Å²) in [5, 5.41) is 1.39. The highest BCUT2D eigenvalue weighted by Gasteiger charge is 2.71. The number of aryl methyl sites for hydroxylation is 1. The lowest BCUT2D eigenvalue weighted by atomic mass is 9.36. The maximum Gasteiger partial charge on any atom is 0.264 e. The molecule has 450 valence electrons. The van der Waals surface area contributed by atoms with Crippen molar-refractivity contribution in [2.45, 2.75) is 168 Å². The van der Waals surface area contributed by atoms with E-state index in [1.165, 1.54) is 185 Å². The van der Waals surface area contributed by atoms with Crippen molar-refractivity contribution in [1.82, 2.24) is 0 Å². The normalized spacial score (nSPS) is 22.1. The third-order valence-corrected chi connectivity index (χ3v) is 26.0. The first-order chi connectivity index (χ1) is 43.3. The Hall–Kier alpha value is -7.60. The van der Waals surface area contributed by atoms with Crippen LogP contribution >= 0.6 is 11.3 Å². The lowest BCUT2D eigenvalue weighted by molar-refractivity contribution is 0.0990. The summed E-state index contributed by atoms with van der Waals surface area (Å²) in [5.41, 5.74) is 29.7. The highest BCUT2D eigenvalue weighted by molar-refractivity contribution is 7.33. The molecule has 2 aliphatic heterocycles. The van der Waals surface area contributed by atoms with Crippen molar-refractivity contribution in [3.8, 4) is 22.3 Å². The molecule has 90 heavy (non-hydrogen) atoms. The van der Waals surface area contributed by atoms with Crippen molar-refractivity contribution in [3.63, 3.8) is 0 Å². The third kappa shape index (κ3) is 7.89. The smallest absolute Gasteiger partial charge is 0.264 e. The largest absolute Gasteiger partial charge is 0.311 e. The molecule has 5 aliphatic carbocycles. The van der Waals surface area contributed by atoms with Gasteiger partial charge in [0.2, 0.25) is 0 Å². The first kappa shape index (κ1) is 56.4. The molecule has 0 amide bonds. The van der Waals surface area contributed by atoms with E-state index in [4.69, 9.17) is 0 Å². The fraction of sp³-hybridized carbons (Fsp3) is 0.341. The monoisotopic (exact) mass is 1190 g/mol. The molecule has 3 atom stereocenters. The number of fused-ring (bicyclic) bond motifs is 15. The summed E-state index contributed by atoms with van der Waals surface area (Å²) >= 11 is 2.07. The van der Waals surface area contributed by atoms with Crippen LogP contribution in [0.25, 0.3) is 32.3 Å². The zero-order valence-electron chi connectivity index (χ0n) is 55.0. The van der Waals surface area contributed by atoms with Crippen LogP contribution < -0.4 is 30.4 Å². The third-order valence-electron chi connectivity index (χ3n) is 24.8. The highest BCUT2D eigenvalue weighted by Crippen LogP contribution is 2.78. The van der Waals surface area contributed by atoms with Crippen LogP contribution in [0.1, 0.15) is 178 Å². The molecule has 9 aromatic carbocycles. The SMILES string of the molecule is Cc1cc2c3c(c1)N(c1ccc(C4CCCCC4)cc1)c1c(sc4cc5c(cc14)C(C)(C)CCC5(C)C)B3c1ccc(N(c3ccc(C(C)(C)C)cc3)c3ccccc3-c3ccccc3)cc1N2c1cccc2c1-c1ccccc1C21CC2CCC1(C)C2(C)C. The van der Waals surface area contributed by atoms with E-state index in [0.717, 1.165) is 17.1 Å². The fourth-order valence-corrected chi connectivity index (χ4v) is 20.8. The summed E-state index contributed by atoms with van der Waals surface area (Å²) in [7, 11) is 0. The van der Waals surface area contributed by atoms with Gasteiger partial charge in [0.05, 0.1) is 17.1 Å². The minimum Gasteiger partial charge on any atom is -0.311 e. The standard InChI is InChI=1S/C85H86BN3S/c1-53-47-73-77-74(48-53)89(71-32-22-30-66-76(71)63-28-18-20-29-65(63)85(66)52-58-43-44-84(85,11)83(58,9)10)72-49-61(87(59-39-35-57(36-40-59)80(2,3)4)70-31-21-19-27-62(70)56-25-16-13-17-26-56)41-42-69(72)86(77)79-78(88(73)60-37-33-55(34-38-60)54-23-14-12-15-24-54)64-50-67-68(51-75(64)90-79)82(7,8)46-45-81(67,5)6/h13,16-22,25-42,47-51,54,58H,12,14-15,23-24,43-46,52H2,1-11H3. The lowest BCUT2D eigenvalue weighted by Crippen LogP contribution is -2.60. The summed E-state index contributed by atoms with van der Waals surface area (Å²) in [5.74, 6) is 1.29. The number of hydrogen-bond donors (Lipinski definition) is 0. The van der Waals surface area contributed by atoms with Gasteiger partial charge in [0, 0.05) is 65.5 Å². The second kappa shape index (κ2) is 19.7. The number of para-hydroxylation sites is 1. The van der Waals surface area contributed by atoms with E-state index in [9.17, 15) is 0 Å². The van der Waals surface area contributed by atoms with Crippen LogP contribution in [0.3, 0.4) is 0 Å². The topological polar surface area (TPSA) is 9.72 Å². The van der Waals surface area contributed by atoms with Crippen molar-refractivity contribution in [3.05, 3.63) is 227 Å². The zero-order valence-corrected chi connectivity index (χ0v) is 55.8. The molecule has 3 heterocycles. The number of benzene rings is 9. The predicted molar refractivity (Wildman–Crippen MR) is 386 cm³/mol. The number of rotatable bonds is 7. The maximum atomic E-state index is 2.78. The molecule has 1 aromatic heterocycles. The molecule has 17 rings (SSSR count). The number of anilines is 9. The fourth-order valence-electron chi connectivity index (χ4n) is 19.4. The molecule has 3 unspecified atom stereocenters. The van der Waals surface area contributed by atoms with Gasteiger partial charge in [-0.2, -0.15) is 0 Å². The van der Waals surface area contributed by atoms with E-state index in [1.807, 2.05) is 0 Å². The van der Waals surface area contributed by atoms with E-state index in [2.05, 4.69) is 290 Å². The van der Waals surface area contributed by atoms with Gasteiger partial charge in [-0.15, -0.1) is 11.3 Å². The Morgan fingerprint density at radius 1 is 0.544 bits per heavy atom. The minimum absolute atomic E-state index is 0.00547. The predicted octanol–water partition coefficient (Wildman–Crippen LogP) is 22.2. The molecule has 3 fully saturated rings. The quantitative estimate of drug-likeness (QED) is 0.147. The van der Waals surface area contributed by atoms with E-state index in [-0.39, 0.29) is 39.2 Å². The number of thiophene rings is 1. The van der Waals surface area contributed by atoms with E-state index in [1.54, 1.807) is 0 Å². The van der Waals surface area contributed by atoms with Gasteiger partial charge in [0.15, 0.2) is 0 Å². The van der Waals surface area contributed by atoms with E-state index < -0.39 is 0 Å². The Kier molecular flexibility index (Phi) is 12.3. The zero-order chi connectivity index (χ0) is 61.6. The van der Waals surface area contributed by atoms with Gasteiger partial charge >= 0.3 is 0 Å². The molecule has 3 nitrogen and oxygen atoms in total. The summed E-state index contributed by atoms with van der Waals surface area (Å²) in [6, 6.07) is 74.8. The molecule has 0 radical (unpaired) electrons. The van der Waals surface area contributed by atoms with Crippen LogP contribution in [0.5, 0.6) is 0 Å². The second-order valence-electron chi connectivity index (χ2n) is 31.6. The summed E-state index contributed by atoms with van der Waals surface area (Å²) in [6.45, 7) is 27.2. The van der Waals surface area contributed by atoms with Gasteiger partial charge in [0.1, 0.15) is 0 Å². The van der Waals surface area contributed by atoms with Crippen molar-refractivity contribution < 1.29 is 0 Å². The molecule has 7 aliphatic rings. The maximum absolute atomic E-state index is 2.78. The van der Waals surface area contributed by atoms with Gasteiger partial charge in [-0.3, -0.25) is 0 Å². The summed E-state index contributed by atoms with van der Waals surface area (Å²) < 4.78 is 2.84. The molecular weight excluding hydrogens is 1110 g/mol. The summed E-state index contributed by atoms with van der Waals surface area (Å²) in [4.78, 5) is 8.08. The molecule has 0 N–H and O–H groups in total. The van der Waals surface area contributed by atoms with Crippen LogP contribution in [0.4, 0.5) is 51.2 Å². The first-order valence-corrected chi connectivity index (χ1v) is 35.0. The second-order valence-corrected chi connectivity index (χ2v) is 32.7. The Morgan fingerprint density at radius 3 is 1.90 bits per heavy atom. The molecule has 1 spiro atoms. The summed E-state index contributed by atoms with van der Waals surface area (Å²) in [6.07, 6.45) is 12.7.